The van der Waals surface area contributed by atoms with Crippen LogP contribution in [0.3, 0.4) is 0 Å². The maximum absolute atomic E-state index is 12.4. The van der Waals surface area contributed by atoms with Crippen LogP contribution in [-0.2, 0) is 11.3 Å². The average molecular weight is 441 g/mol. The molecule has 4 rings (SSSR count). The van der Waals surface area contributed by atoms with Gasteiger partial charge in [0.1, 0.15) is 5.01 Å². The Morgan fingerprint density at radius 1 is 1.07 bits per heavy atom. The van der Waals surface area contributed by atoms with Crippen molar-refractivity contribution in [1.82, 2.24) is 14.8 Å². The van der Waals surface area contributed by atoms with Crippen molar-refractivity contribution in [3.05, 3.63) is 70.2 Å². The summed E-state index contributed by atoms with van der Waals surface area (Å²) in [5, 5.41) is 6.86. The van der Waals surface area contributed by atoms with Crippen molar-refractivity contribution in [1.29, 1.82) is 0 Å². The molecule has 0 bridgehead atoms. The molecule has 7 heteroatoms. The van der Waals surface area contributed by atoms with E-state index in [0.717, 1.165) is 54.7 Å². The van der Waals surface area contributed by atoms with Crippen molar-refractivity contribution in [2.45, 2.75) is 13.5 Å². The van der Waals surface area contributed by atoms with Crippen LogP contribution in [-0.4, -0.2) is 53.4 Å². The number of thiazole rings is 1. The first-order valence-corrected chi connectivity index (χ1v) is 11.3. The summed E-state index contributed by atoms with van der Waals surface area (Å²) >= 11 is 7.83. The molecule has 0 unspecified atom stereocenters. The molecule has 2 heterocycles. The van der Waals surface area contributed by atoms with E-state index in [0.29, 0.717) is 11.6 Å². The fraction of sp³-hybridized carbons (Fsp3) is 0.304. The molecule has 30 heavy (non-hydrogen) atoms. The molecule has 2 aromatic carbocycles. The van der Waals surface area contributed by atoms with E-state index in [-0.39, 0.29) is 5.91 Å². The molecule has 1 aromatic heterocycles. The molecule has 0 spiro atoms. The van der Waals surface area contributed by atoms with Gasteiger partial charge in [0, 0.05) is 54.4 Å². The fourth-order valence-electron chi connectivity index (χ4n) is 3.56. The highest BCUT2D eigenvalue weighted by molar-refractivity contribution is 7.13. The normalized spacial score (nSPS) is 15.3. The zero-order chi connectivity index (χ0) is 20.9. The number of hydrogen-bond acceptors (Lipinski definition) is 5. The van der Waals surface area contributed by atoms with E-state index in [4.69, 9.17) is 16.6 Å². The number of piperazine rings is 1. The number of anilines is 1. The highest BCUT2D eigenvalue weighted by Gasteiger charge is 2.20. The van der Waals surface area contributed by atoms with E-state index in [2.05, 4.69) is 32.6 Å². The zero-order valence-electron chi connectivity index (χ0n) is 17.0. The first kappa shape index (κ1) is 21.0. The second-order valence-corrected chi connectivity index (χ2v) is 8.79. The summed E-state index contributed by atoms with van der Waals surface area (Å²) in [6.07, 6.45) is 0. The molecule has 0 saturated carbocycles. The number of rotatable bonds is 6. The number of carbonyl (C=O) groups is 1. The Labute approximate surface area is 186 Å². The van der Waals surface area contributed by atoms with Gasteiger partial charge in [-0.3, -0.25) is 14.6 Å². The van der Waals surface area contributed by atoms with Crippen molar-refractivity contribution in [2.75, 3.05) is 38.0 Å². The summed E-state index contributed by atoms with van der Waals surface area (Å²) < 4.78 is 0. The third kappa shape index (κ3) is 5.26. The molecule has 1 aliphatic rings. The second kappa shape index (κ2) is 9.71. The first-order valence-electron chi connectivity index (χ1n) is 10.1. The minimum Gasteiger partial charge on any atom is -0.325 e. The summed E-state index contributed by atoms with van der Waals surface area (Å²) in [7, 11) is 0. The predicted octanol–water partition coefficient (Wildman–Crippen LogP) is 4.53. The van der Waals surface area contributed by atoms with Crippen molar-refractivity contribution in [3.63, 3.8) is 0 Å². The van der Waals surface area contributed by atoms with Crippen molar-refractivity contribution >= 4 is 34.5 Å². The molecule has 156 valence electrons. The lowest BCUT2D eigenvalue weighted by atomic mass is 10.2. The molecular weight excluding hydrogens is 416 g/mol. The smallest absolute Gasteiger partial charge is 0.238 e. The highest BCUT2D eigenvalue weighted by atomic mass is 35.5. The van der Waals surface area contributed by atoms with Crippen molar-refractivity contribution in [2.24, 2.45) is 0 Å². The van der Waals surface area contributed by atoms with Gasteiger partial charge < -0.3 is 5.32 Å². The van der Waals surface area contributed by atoms with Crippen LogP contribution in [0, 0.1) is 6.92 Å². The Balaban J connectivity index is 1.25. The maximum atomic E-state index is 12.4. The topological polar surface area (TPSA) is 48.5 Å². The second-order valence-electron chi connectivity index (χ2n) is 7.52. The van der Waals surface area contributed by atoms with Gasteiger partial charge in [-0.15, -0.1) is 11.3 Å². The Morgan fingerprint density at radius 3 is 2.57 bits per heavy atom. The lowest BCUT2D eigenvalue weighted by Crippen LogP contribution is -2.48. The maximum Gasteiger partial charge on any atom is 0.238 e. The SMILES string of the molecule is Cc1c(Cl)cccc1NC(=O)CN1CCN(Cc2csc(-c3ccccc3)n2)CC1. The van der Waals surface area contributed by atoms with Gasteiger partial charge in [-0.1, -0.05) is 48.0 Å². The van der Waals surface area contributed by atoms with Crippen LogP contribution in [0.15, 0.2) is 53.9 Å². The van der Waals surface area contributed by atoms with E-state index in [9.17, 15) is 4.79 Å². The number of amides is 1. The van der Waals surface area contributed by atoms with Gasteiger partial charge in [0.2, 0.25) is 5.91 Å². The Morgan fingerprint density at radius 2 is 1.80 bits per heavy atom. The number of halogens is 1. The fourth-order valence-corrected chi connectivity index (χ4v) is 4.55. The van der Waals surface area contributed by atoms with E-state index >= 15 is 0 Å². The van der Waals surface area contributed by atoms with Crippen LogP contribution in [0.25, 0.3) is 10.6 Å². The number of nitrogens with one attached hydrogen (secondary N) is 1. The summed E-state index contributed by atoms with van der Waals surface area (Å²) in [5.41, 5.74) is 3.96. The molecule has 1 amide bonds. The molecular formula is C23H25ClN4OS. The van der Waals surface area contributed by atoms with Crippen LogP contribution < -0.4 is 5.32 Å². The Kier molecular flexibility index (Phi) is 6.79. The lowest BCUT2D eigenvalue weighted by Gasteiger charge is -2.33. The van der Waals surface area contributed by atoms with E-state index in [1.165, 1.54) is 5.56 Å². The predicted molar refractivity (Wildman–Crippen MR) is 124 cm³/mol. The summed E-state index contributed by atoms with van der Waals surface area (Å²) in [6, 6.07) is 15.9. The standard InChI is InChI=1S/C23H25ClN4OS/c1-17-20(24)8-5-9-21(17)26-22(29)15-28-12-10-27(11-13-28)14-19-16-30-23(25-19)18-6-3-2-4-7-18/h2-9,16H,10-15H2,1H3,(H,26,29). The number of aromatic nitrogens is 1. The minimum absolute atomic E-state index is 0.000760. The average Bonchev–Trinajstić information content (AvgIpc) is 3.22. The van der Waals surface area contributed by atoms with E-state index in [1.54, 1.807) is 11.3 Å². The van der Waals surface area contributed by atoms with E-state index < -0.39 is 0 Å². The molecule has 0 aliphatic carbocycles. The summed E-state index contributed by atoms with van der Waals surface area (Å²) in [6.45, 7) is 6.77. The van der Waals surface area contributed by atoms with Gasteiger partial charge in [-0.2, -0.15) is 0 Å². The van der Waals surface area contributed by atoms with E-state index in [1.807, 2.05) is 43.3 Å². The van der Waals surface area contributed by atoms with Crippen LogP contribution in [0.2, 0.25) is 5.02 Å². The van der Waals surface area contributed by atoms with Gasteiger partial charge in [-0.25, -0.2) is 4.98 Å². The minimum atomic E-state index is 0.000760. The molecule has 5 nitrogen and oxygen atoms in total. The first-order chi connectivity index (χ1) is 14.6. The van der Waals surface area contributed by atoms with Crippen molar-refractivity contribution < 1.29 is 4.79 Å². The summed E-state index contributed by atoms with van der Waals surface area (Å²) in [5.74, 6) is 0.000760. The Bertz CT molecular complexity index is 999. The number of carbonyl (C=O) groups excluding carboxylic acids is 1. The number of benzene rings is 2. The van der Waals surface area contributed by atoms with Crippen molar-refractivity contribution in [3.8, 4) is 10.6 Å². The third-order valence-electron chi connectivity index (χ3n) is 5.33. The van der Waals surface area contributed by atoms with Gasteiger partial charge in [0.25, 0.3) is 0 Å². The molecule has 1 saturated heterocycles. The monoisotopic (exact) mass is 440 g/mol. The molecule has 3 aromatic rings. The third-order valence-corrected chi connectivity index (χ3v) is 6.68. The molecule has 0 atom stereocenters. The highest BCUT2D eigenvalue weighted by Crippen LogP contribution is 2.24. The molecule has 1 fully saturated rings. The molecule has 1 N–H and O–H groups in total. The van der Waals surface area contributed by atoms with Gasteiger partial charge >= 0.3 is 0 Å². The van der Waals surface area contributed by atoms with Crippen LogP contribution >= 0.6 is 22.9 Å². The zero-order valence-corrected chi connectivity index (χ0v) is 18.5. The lowest BCUT2D eigenvalue weighted by molar-refractivity contribution is -0.117. The molecule has 1 aliphatic heterocycles. The van der Waals surface area contributed by atoms with Crippen LogP contribution in [0.1, 0.15) is 11.3 Å². The number of hydrogen-bond donors (Lipinski definition) is 1. The Hall–Kier alpha value is -2.25. The largest absolute Gasteiger partial charge is 0.325 e. The quantitative estimate of drug-likeness (QED) is 0.611. The van der Waals surface area contributed by atoms with Gasteiger partial charge in [0.15, 0.2) is 0 Å². The van der Waals surface area contributed by atoms with Gasteiger partial charge in [0.05, 0.1) is 12.2 Å². The number of nitrogens with zero attached hydrogens (tertiary/aromatic N) is 3. The molecule has 0 radical (unpaired) electrons. The van der Waals surface area contributed by atoms with Crippen LogP contribution in [0.5, 0.6) is 0 Å². The van der Waals surface area contributed by atoms with Gasteiger partial charge in [-0.05, 0) is 24.6 Å². The van der Waals surface area contributed by atoms with Crippen LogP contribution in [0.4, 0.5) is 5.69 Å². The summed E-state index contributed by atoms with van der Waals surface area (Å²) in [4.78, 5) is 21.8.